The van der Waals surface area contributed by atoms with E-state index in [9.17, 15) is 9.59 Å². The first-order chi connectivity index (χ1) is 9.52. The van der Waals surface area contributed by atoms with E-state index in [4.69, 9.17) is 16.3 Å². The zero-order valence-corrected chi connectivity index (χ0v) is 13.4. The minimum absolute atomic E-state index is 0. The Hall–Kier alpha value is -1.34. The van der Waals surface area contributed by atoms with E-state index in [1.54, 1.807) is 25.3 Å². The van der Waals surface area contributed by atoms with E-state index in [0.29, 0.717) is 29.5 Å². The number of ether oxygens (including phenoxy) is 1. The number of hydrogen-bond acceptors (Lipinski definition) is 4. The Morgan fingerprint density at radius 1 is 1.24 bits per heavy atom. The fraction of sp³-hybridized carbons (Fsp3) is 0.385. The van der Waals surface area contributed by atoms with Crippen molar-refractivity contribution in [3.63, 3.8) is 0 Å². The molecule has 0 atom stereocenters. The third-order valence-corrected chi connectivity index (χ3v) is 2.57. The van der Waals surface area contributed by atoms with Crippen molar-refractivity contribution in [2.24, 2.45) is 0 Å². The number of rotatable bonds is 7. The van der Waals surface area contributed by atoms with Gasteiger partial charge in [-0.05, 0) is 18.2 Å². The van der Waals surface area contributed by atoms with Crippen molar-refractivity contribution in [3.8, 4) is 0 Å². The predicted molar refractivity (Wildman–Crippen MR) is 86.4 cm³/mol. The number of carbonyl (C=O) groups is 2. The lowest BCUT2D eigenvalue weighted by molar-refractivity contribution is -0.116. The topological polar surface area (TPSA) is 79.5 Å². The summed E-state index contributed by atoms with van der Waals surface area (Å²) in [4.78, 5) is 22.9. The molecule has 1 rings (SSSR count). The van der Waals surface area contributed by atoms with Crippen molar-refractivity contribution in [3.05, 3.63) is 23.2 Å². The molecule has 0 aliphatic carbocycles. The standard InChI is InChI=1S/C13H18ClN3O3.ClH/c1-9(18)16-12-7-10(14)3-4-11(12)17-13(19)8-15-5-6-20-2;/h3-4,7,15H,5-6,8H2,1-2H3,(H,16,18)(H,17,19);1H. The maximum Gasteiger partial charge on any atom is 0.238 e. The van der Waals surface area contributed by atoms with Crippen molar-refractivity contribution in [2.75, 3.05) is 37.4 Å². The Balaban J connectivity index is 0.00000400. The lowest BCUT2D eigenvalue weighted by Gasteiger charge is -2.12. The first kappa shape index (κ1) is 19.7. The van der Waals surface area contributed by atoms with Crippen LogP contribution in [-0.4, -0.2) is 38.6 Å². The largest absolute Gasteiger partial charge is 0.383 e. The fourth-order valence-corrected chi connectivity index (χ4v) is 1.66. The summed E-state index contributed by atoms with van der Waals surface area (Å²) < 4.78 is 4.86. The molecule has 0 saturated carbocycles. The summed E-state index contributed by atoms with van der Waals surface area (Å²) in [6.07, 6.45) is 0. The van der Waals surface area contributed by atoms with Crippen LogP contribution >= 0.6 is 24.0 Å². The van der Waals surface area contributed by atoms with Crippen LogP contribution in [0.5, 0.6) is 0 Å². The second-order valence-corrected chi connectivity index (χ2v) is 4.53. The zero-order valence-electron chi connectivity index (χ0n) is 11.9. The SMILES string of the molecule is COCCNCC(=O)Nc1ccc(Cl)cc1NC(C)=O.Cl. The molecule has 1 aromatic rings. The molecule has 0 radical (unpaired) electrons. The summed E-state index contributed by atoms with van der Waals surface area (Å²) in [5, 5.41) is 8.73. The molecule has 118 valence electrons. The van der Waals surface area contributed by atoms with E-state index >= 15 is 0 Å². The van der Waals surface area contributed by atoms with Gasteiger partial charge in [0.05, 0.1) is 24.5 Å². The number of anilines is 2. The highest BCUT2D eigenvalue weighted by Gasteiger charge is 2.08. The van der Waals surface area contributed by atoms with Gasteiger partial charge in [0.15, 0.2) is 0 Å². The van der Waals surface area contributed by atoms with Crippen LogP contribution in [0.15, 0.2) is 18.2 Å². The van der Waals surface area contributed by atoms with E-state index in [1.807, 2.05) is 0 Å². The molecule has 0 heterocycles. The van der Waals surface area contributed by atoms with E-state index in [-0.39, 0.29) is 30.8 Å². The lowest BCUT2D eigenvalue weighted by atomic mass is 10.2. The van der Waals surface area contributed by atoms with Crippen LogP contribution in [0.25, 0.3) is 0 Å². The molecular formula is C13H19Cl2N3O3. The second kappa shape index (κ2) is 10.4. The molecule has 1 aromatic carbocycles. The number of nitrogens with one attached hydrogen (secondary N) is 3. The maximum absolute atomic E-state index is 11.7. The molecule has 0 spiro atoms. The predicted octanol–water partition coefficient (Wildman–Crippen LogP) is 1.89. The minimum Gasteiger partial charge on any atom is -0.383 e. The third-order valence-electron chi connectivity index (χ3n) is 2.33. The quantitative estimate of drug-likeness (QED) is 0.665. The average molecular weight is 336 g/mol. The van der Waals surface area contributed by atoms with Crippen molar-refractivity contribution in [2.45, 2.75) is 6.92 Å². The van der Waals surface area contributed by atoms with Crippen LogP contribution in [0, 0.1) is 0 Å². The Morgan fingerprint density at radius 2 is 1.95 bits per heavy atom. The van der Waals surface area contributed by atoms with E-state index in [0.717, 1.165) is 0 Å². The molecule has 8 heteroatoms. The van der Waals surface area contributed by atoms with Gasteiger partial charge in [-0.1, -0.05) is 11.6 Å². The van der Waals surface area contributed by atoms with Gasteiger partial charge in [-0.25, -0.2) is 0 Å². The highest BCUT2D eigenvalue weighted by molar-refractivity contribution is 6.31. The molecule has 0 aromatic heterocycles. The third kappa shape index (κ3) is 7.87. The molecular weight excluding hydrogens is 317 g/mol. The summed E-state index contributed by atoms with van der Waals surface area (Å²) in [7, 11) is 1.59. The number of amides is 2. The van der Waals surface area contributed by atoms with Crippen molar-refractivity contribution in [1.82, 2.24) is 5.32 Å². The molecule has 2 amide bonds. The molecule has 21 heavy (non-hydrogen) atoms. The summed E-state index contributed by atoms with van der Waals surface area (Å²) in [5.74, 6) is -0.448. The normalized spacial score (nSPS) is 9.67. The van der Waals surface area contributed by atoms with Crippen molar-refractivity contribution >= 4 is 47.2 Å². The van der Waals surface area contributed by atoms with Crippen LogP contribution in [0.2, 0.25) is 5.02 Å². The number of halogens is 2. The lowest BCUT2D eigenvalue weighted by Crippen LogP contribution is -2.30. The Morgan fingerprint density at radius 3 is 2.57 bits per heavy atom. The van der Waals surface area contributed by atoms with Gasteiger partial charge in [0.1, 0.15) is 0 Å². The Bertz CT molecular complexity index is 484. The summed E-state index contributed by atoms with van der Waals surface area (Å²) in [6, 6.07) is 4.86. The van der Waals surface area contributed by atoms with Gasteiger partial charge in [-0.3, -0.25) is 9.59 Å². The first-order valence-electron chi connectivity index (χ1n) is 6.09. The smallest absolute Gasteiger partial charge is 0.238 e. The molecule has 3 N–H and O–H groups in total. The first-order valence-corrected chi connectivity index (χ1v) is 6.47. The highest BCUT2D eigenvalue weighted by Crippen LogP contribution is 2.25. The average Bonchev–Trinajstić information content (AvgIpc) is 2.37. The van der Waals surface area contributed by atoms with Gasteiger partial charge < -0.3 is 20.7 Å². The zero-order chi connectivity index (χ0) is 15.0. The van der Waals surface area contributed by atoms with E-state index in [2.05, 4.69) is 16.0 Å². The number of methoxy groups -OCH3 is 1. The van der Waals surface area contributed by atoms with Crippen LogP contribution in [0.4, 0.5) is 11.4 Å². The molecule has 6 nitrogen and oxygen atoms in total. The Labute approximate surface area is 135 Å². The highest BCUT2D eigenvalue weighted by atomic mass is 35.5. The molecule has 0 saturated heterocycles. The maximum atomic E-state index is 11.7. The second-order valence-electron chi connectivity index (χ2n) is 4.09. The summed E-state index contributed by atoms with van der Waals surface area (Å²) >= 11 is 5.86. The van der Waals surface area contributed by atoms with Gasteiger partial charge in [0, 0.05) is 25.6 Å². The molecule has 0 unspecified atom stereocenters. The molecule has 0 bridgehead atoms. The summed E-state index contributed by atoms with van der Waals surface area (Å²) in [6.45, 7) is 2.67. The molecule has 0 aliphatic heterocycles. The molecule has 0 aliphatic rings. The number of hydrogen-bond donors (Lipinski definition) is 3. The van der Waals surface area contributed by atoms with E-state index in [1.165, 1.54) is 6.92 Å². The van der Waals surface area contributed by atoms with Crippen LogP contribution in [0.3, 0.4) is 0 Å². The van der Waals surface area contributed by atoms with Gasteiger partial charge >= 0.3 is 0 Å². The fourth-order valence-electron chi connectivity index (χ4n) is 1.49. The molecule has 0 fully saturated rings. The van der Waals surface area contributed by atoms with Crippen molar-refractivity contribution in [1.29, 1.82) is 0 Å². The van der Waals surface area contributed by atoms with Crippen molar-refractivity contribution < 1.29 is 14.3 Å². The number of benzene rings is 1. The van der Waals surface area contributed by atoms with E-state index < -0.39 is 0 Å². The van der Waals surface area contributed by atoms with Gasteiger partial charge in [-0.15, -0.1) is 12.4 Å². The monoisotopic (exact) mass is 335 g/mol. The van der Waals surface area contributed by atoms with Gasteiger partial charge in [-0.2, -0.15) is 0 Å². The minimum atomic E-state index is -0.235. The van der Waals surface area contributed by atoms with Gasteiger partial charge in [0.25, 0.3) is 0 Å². The van der Waals surface area contributed by atoms with Gasteiger partial charge in [0.2, 0.25) is 11.8 Å². The van der Waals surface area contributed by atoms with Crippen LogP contribution < -0.4 is 16.0 Å². The van der Waals surface area contributed by atoms with Crippen LogP contribution in [0.1, 0.15) is 6.92 Å². The number of carbonyl (C=O) groups excluding carboxylic acids is 2. The van der Waals surface area contributed by atoms with Crippen LogP contribution in [-0.2, 0) is 14.3 Å². The Kier molecular flexibility index (Phi) is 9.73. The summed E-state index contributed by atoms with van der Waals surface area (Å²) in [5.41, 5.74) is 0.971.